The third kappa shape index (κ3) is 3.33. The van der Waals surface area contributed by atoms with Gasteiger partial charge in [-0.2, -0.15) is 0 Å². The van der Waals surface area contributed by atoms with Crippen LogP contribution >= 0.6 is 0 Å². The highest BCUT2D eigenvalue weighted by Crippen LogP contribution is 2.38. The van der Waals surface area contributed by atoms with Gasteiger partial charge in [0.2, 0.25) is 0 Å². The largest absolute Gasteiger partial charge is 0.497 e. The molecule has 0 atom stereocenters. The minimum Gasteiger partial charge on any atom is -0.497 e. The van der Waals surface area contributed by atoms with Gasteiger partial charge in [0.1, 0.15) is 11.3 Å². The van der Waals surface area contributed by atoms with Crippen molar-refractivity contribution in [2.45, 2.75) is 25.6 Å². The summed E-state index contributed by atoms with van der Waals surface area (Å²) in [6.07, 6.45) is 3.11. The summed E-state index contributed by atoms with van der Waals surface area (Å²) in [7, 11) is 1.63. The van der Waals surface area contributed by atoms with Crippen LogP contribution in [0.3, 0.4) is 0 Å². The zero-order chi connectivity index (χ0) is 18.9. The van der Waals surface area contributed by atoms with E-state index in [4.69, 9.17) is 18.9 Å². The van der Waals surface area contributed by atoms with E-state index in [-0.39, 0.29) is 5.97 Å². The first-order chi connectivity index (χ1) is 13.2. The smallest absolute Gasteiger partial charge is 0.341 e. The van der Waals surface area contributed by atoms with Crippen molar-refractivity contribution in [1.82, 2.24) is 4.98 Å². The van der Waals surface area contributed by atoms with E-state index in [1.54, 1.807) is 20.2 Å². The normalized spacial score (nSPS) is 18.8. The van der Waals surface area contributed by atoms with E-state index < -0.39 is 5.79 Å². The van der Waals surface area contributed by atoms with Gasteiger partial charge in [-0.3, -0.25) is 4.98 Å². The second-order valence-electron chi connectivity index (χ2n) is 6.72. The van der Waals surface area contributed by atoms with E-state index in [2.05, 4.69) is 9.88 Å². The van der Waals surface area contributed by atoms with Gasteiger partial charge in [0, 0.05) is 37.5 Å². The highest BCUT2D eigenvalue weighted by Gasteiger charge is 2.40. The van der Waals surface area contributed by atoms with Crippen LogP contribution in [0.1, 0.15) is 30.1 Å². The molecule has 0 unspecified atom stereocenters. The summed E-state index contributed by atoms with van der Waals surface area (Å²) in [5.41, 5.74) is 2.12. The Bertz CT molecular complexity index is 838. The third-order valence-corrected chi connectivity index (χ3v) is 5.20. The number of esters is 1. The number of carbonyl (C=O) groups is 1. The lowest BCUT2D eigenvalue weighted by atomic mass is 10.00. The van der Waals surface area contributed by atoms with Gasteiger partial charge in [-0.1, -0.05) is 0 Å². The summed E-state index contributed by atoms with van der Waals surface area (Å²) in [5, 5.41) is 0.879. The van der Waals surface area contributed by atoms with Crippen LogP contribution < -0.4 is 9.64 Å². The van der Waals surface area contributed by atoms with E-state index in [1.165, 1.54) is 0 Å². The number of hydrogen-bond donors (Lipinski definition) is 0. The molecule has 2 fully saturated rings. The van der Waals surface area contributed by atoms with E-state index in [0.29, 0.717) is 25.4 Å². The Morgan fingerprint density at radius 3 is 2.67 bits per heavy atom. The molecule has 0 bridgehead atoms. The van der Waals surface area contributed by atoms with Crippen LogP contribution in [0.2, 0.25) is 0 Å². The van der Waals surface area contributed by atoms with Gasteiger partial charge < -0.3 is 23.8 Å². The topological polar surface area (TPSA) is 70.1 Å². The average molecular weight is 372 g/mol. The molecule has 7 nitrogen and oxygen atoms in total. The predicted molar refractivity (Wildman–Crippen MR) is 100 cm³/mol. The van der Waals surface area contributed by atoms with Gasteiger partial charge in [0.25, 0.3) is 0 Å². The van der Waals surface area contributed by atoms with Crippen LogP contribution in [-0.2, 0) is 14.2 Å². The number of nitrogens with zero attached hydrogens (tertiary/aromatic N) is 2. The number of carbonyl (C=O) groups excluding carboxylic acids is 1. The summed E-state index contributed by atoms with van der Waals surface area (Å²) in [6, 6.07) is 5.70. The molecule has 1 aromatic carbocycles. The molecule has 2 aromatic rings. The van der Waals surface area contributed by atoms with Crippen molar-refractivity contribution in [2.75, 3.05) is 44.9 Å². The number of piperidine rings is 1. The molecule has 3 heterocycles. The maximum absolute atomic E-state index is 12.6. The van der Waals surface area contributed by atoms with Crippen LogP contribution in [-0.4, -0.2) is 56.8 Å². The summed E-state index contributed by atoms with van der Waals surface area (Å²) in [4.78, 5) is 19.2. The fourth-order valence-electron chi connectivity index (χ4n) is 3.84. The number of pyridine rings is 1. The van der Waals surface area contributed by atoms with Crippen molar-refractivity contribution in [3.63, 3.8) is 0 Å². The van der Waals surface area contributed by atoms with Gasteiger partial charge in [0.05, 0.1) is 38.1 Å². The Balaban J connectivity index is 1.76. The molecule has 0 amide bonds. The molecule has 27 heavy (non-hydrogen) atoms. The number of benzene rings is 1. The fraction of sp³-hybridized carbons (Fsp3) is 0.500. The van der Waals surface area contributed by atoms with E-state index in [9.17, 15) is 4.79 Å². The lowest BCUT2D eigenvalue weighted by Gasteiger charge is -2.39. The molecule has 144 valence electrons. The third-order valence-electron chi connectivity index (χ3n) is 5.20. The van der Waals surface area contributed by atoms with Gasteiger partial charge in [-0.25, -0.2) is 4.79 Å². The number of methoxy groups -OCH3 is 1. The van der Waals surface area contributed by atoms with Crippen molar-refractivity contribution in [2.24, 2.45) is 0 Å². The van der Waals surface area contributed by atoms with Gasteiger partial charge >= 0.3 is 5.97 Å². The molecule has 0 N–H and O–H groups in total. The Hall–Kier alpha value is -2.38. The number of hydrogen-bond acceptors (Lipinski definition) is 7. The lowest BCUT2D eigenvalue weighted by molar-refractivity contribution is -0.169. The number of rotatable bonds is 4. The number of aromatic nitrogens is 1. The Labute approximate surface area is 158 Å². The summed E-state index contributed by atoms with van der Waals surface area (Å²) in [5.74, 6) is -0.109. The van der Waals surface area contributed by atoms with E-state index in [0.717, 1.165) is 48.3 Å². The van der Waals surface area contributed by atoms with Crippen LogP contribution in [0, 0.1) is 0 Å². The SMILES string of the molecule is CCOC(=O)c1cnc2ccc(OC)cc2c1N1CCC2(CC1)OCCO2. The molecule has 4 rings (SSSR count). The van der Waals surface area contributed by atoms with Crippen molar-refractivity contribution < 1.29 is 23.7 Å². The average Bonchev–Trinajstić information content (AvgIpc) is 3.15. The zero-order valence-corrected chi connectivity index (χ0v) is 15.7. The lowest BCUT2D eigenvalue weighted by Crippen LogP contribution is -2.45. The quantitative estimate of drug-likeness (QED) is 0.764. The second-order valence-corrected chi connectivity index (χ2v) is 6.72. The van der Waals surface area contributed by atoms with E-state index >= 15 is 0 Å². The Kier molecular flexibility index (Phi) is 4.88. The zero-order valence-electron chi connectivity index (χ0n) is 15.7. The number of anilines is 1. The Morgan fingerprint density at radius 2 is 2.00 bits per heavy atom. The minimum atomic E-state index is -0.471. The molecule has 1 aromatic heterocycles. The molecular weight excluding hydrogens is 348 g/mol. The van der Waals surface area contributed by atoms with Crippen LogP contribution in [0.15, 0.2) is 24.4 Å². The second kappa shape index (κ2) is 7.32. The van der Waals surface area contributed by atoms with Gasteiger partial charge in [0.15, 0.2) is 5.79 Å². The van der Waals surface area contributed by atoms with Crippen molar-refractivity contribution >= 4 is 22.6 Å². The van der Waals surface area contributed by atoms with Crippen LogP contribution in [0.25, 0.3) is 10.9 Å². The van der Waals surface area contributed by atoms with Gasteiger partial charge in [-0.15, -0.1) is 0 Å². The molecule has 0 saturated carbocycles. The molecule has 2 aliphatic rings. The van der Waals surface area contributed by atoms with Gasteiger partial charge in [-0.05, 0) is 25.1 Å². The monoisotopic (exact) mass is 372 g/mol. The van der Waals surface area contributed by atoms with E-state index in [1.807, 2.05) is 18.2 Å². The van der Waals surface area contributed by atoms with Crippen molar-refractivity contribution in [1.29, 1.82) is 0 Å². The number of fused-ring (bicyclic) bond motifs is 1. The maximum atomic E-state index is 12.6. The summed E-state index contributed by atoms with van der Waals surface area (Å²) in [6.45, 7) is 4.85. The first kappa shape index (κ1) is 18.0. The van der Waals surface area contributed by atoms with Crippen LogP contribution in [0.5, 0.6) is 5.75 Å². The molecule has 1 spiro atoms. The highest BCUT2D eigenvalue weighted by molar-refractivity contribution is 6.05. The molecule has 0 aliphatic carbocycles. The first-order valence-corrected chi connectivity index (χ1v) is 9.32. The van der Waals surface area contributed by atoms with Crippen molar-refractivity contribution in [3.05, 3.63) is 30.0 Å². The highest BCUT2D eigenvalue weighted by atomic mass is 16.7. The molecule has 2 aliphatic heterocycles. The summed E-state index contributed by atoms with van der Waals surface area (Å²) >= 11 is 0. The Morgan fingerprint density at radius 1 is 1.26 bits per heavy atom. The molecule has 7 heteroatoms. The first-order valence-electron chi connectivity index (χ1n) is 9.32. The molecular formula is C20H24N2O5. The molecule has 0 radical (unpaired) electrons. The maximum Gasteiger partial charge on any atom is 0.341 e. The predicted octanol–water partition coefficient (Wildman–Crippen LogP) is 2.76. The van der Waals surface area contributed by atoms with Crippen LogP contribution in [0.4, 0.5) is 5.69 Å². The minimum absolute atomic E-state index is 0.319. The molecule has 2 saturated heterocycles. The number of ether oxygens (including phenoxy) is 4. The summed E-state index contributed by atoms with van der Waals surface area (Å²) < 4.78 is 22.3. The standard InChI is InChI=1S/C20H24N2O5/c1-3-25-19(23)16-13-21-17-5-4-14(24-2)12-15(17)18(16)22-8-6-20(7-9-22)26-10-11-27-20/h4-5,12-13H,3,6-11H2,1-2H3. The van der Waals surface area contributed by atoms with Crippen molar-refractivity contribution in [3.8, 4) is 5.75 Å². The fourth-order valence-corrected chi connectivity index (χ4v) is 3.84.